The van der Waals surface area contributed by atoms with Crippen LogP contribution in [0.5, 0.6) is 5.88 Å². The SMILES string of the molecule is CN(C(=O)COc1c([N+](=O)[O-])c(Cl)nn1C)c1ccccc1Cl. The van der Waals surface area contributed by atoms with Crippen molar-refractivity contribution < 1.29 is 14.5 Å². The van der Waals surface area contributed by atoms with Crippen LogP contribution in [0.4, 0.5) is 11.4 Å². The molecule has 0 saturated carbocycles. The third-order valence-electron chi connectivity index (χ3n) is 3.03. The maximum atomic E-state index is 12.2. The van der Waals surface area contributed by atoms with E-state index < -0.39 is 23.1 Å². The highest BCUT2D eigenvalue weighted by Gasteiger charge is 2.28. The zero-order valence-electron chi connectivity index (χ0n) is 12.2. The Morgan fingerprint density at radius 1 is 1.43 bits per heavy atom. The second-order valence-corrected chi connectivity index (χ2v) is 5.28. The highest BCUT2D eigenvalue weighted by molar-refractivity contribution is 6.33. The van der Waals surface area contributed by atoms with Gasteiger partial charge in [0.05, 0.1) is 15.6 Å². The number of aromatic nitrogens is 2. The van der Waals surface area contributed by atoms with E-state index >= 15 is 0 Å². The Labute approximate surface area is 141 Å². The molecule has 1 heterocycles. The maximum Gasteiger partial charge on any atom is 0.369 e. The molecule has 2 rings (SSSR count). The van der Waals surface area contributed by atoms with Gasteiger partial charge in [-0.3, -0.25) is 14.9 Å². The summed E-state index contributed by atoms with van der Waals surface area (Å²) in [7, 11) is 2.95. The number of nitro groups is 1. The van der Waals surface area contributed by atoms with Gasteiger partial charge >= 0.3 is 5.69 Å². The first-order chi connectivity index (χ1) is 10.8. The Morgan fingerprint density at radius 3 is 2.70 bits per heavy atom. The molecule has 0 N–H and O–H groups in total. The first-order valence-corrected chi connectivity index (χ1v) is 7.09. The Balaban J connectivity index is 2.14. The molecule has 0 aliphatic rings. The van der Waals surface area contributed by atoms with Crippen LogP contribution in [0, 0.1) is 10.1 Å². The zero-order valence-corrected chi connectivity index (χ0v) is 13.7. The van der Waals surface area contributed by atoms with Gasteiger partial charge in [-0.05, 0) is 12.1 Å². The number of carbonyl (C=O) groups excluding carboxylic acids is 1. The molecule has 2 aromatic rings. The number of halogens is 2. The molecule has 0 unspecified atom stereocenters. The van der Waals surface area contributed by atoms with Crippen molar-refractivity contribution in [2.24, 2.45) is 7.05 Å². The molecule has 0 spiro atoms. The molecule has 0 atom stereocenters. The van der Waals surface area contributed by atoms with Crippen LogP contribution in [0.15, 0.2) is 24.3 Å². The van der Waals surface area contributed by atoms with Gasteiger partial charge in [-0.15, -0.1) is 0 Å². The molecule has 0 fully saturated rings. The van der Waals surface area contributed by atoms with Crippen LogP contribution in [-0.2, 0) is 11.8 Å². The van der Waals surface area contributed by atoms with Gasteiger partial charge in [0.25, 0.3) is 11.8 Å². The summed E-state index contributed by atoms with van der Waals surface area (Å²) in [5, 5.41) is 14.8. The number of carbonyl (C=O) groups is 1. The van der Waals surface area contributed by atoms with E-state index in [1.807, 2.05) is 0 Å². The molecule has 0 saturated heterocycles. The number of likely N-dealkylation sites (N-methyl/N-ethyl adjacent to an activating group) is 1. The number of anilines is 1. The van der Waals surface area contributed by atoms with Crippen molar-refractivity contribution in [2.75, 3.05) is 18.6 Å². The van der Waals surface area contributed by atoms with Gasteiger partial charge in [-0.1, -0.05) is 35.3 Å². The number of benzene rings is 1. The largest absolute Gasteiger partial charge is 0.463 e. The molecule has 8 nitrogen and oxygen atoms in total. The van der Waals surface area contributed by atoms with E-state index in [1.54, 1.807) is 24.3 Å². The number of para-hydroxylation sites is 1. The quantitative estimate of drug-likeness (QED) is 0.605. The minimum atomic E-state index is -0.715. The summed E-state index contributed by atoms with van der Waals surface area (Å²) < 4.78 is 6.33. The van der Waals surface area contributed by atoms with Crippen LogP contribution in [0.2, 0.25) is 10.2 Å². The maximum absolute atomic E-state index is 12.2. The molecule has 0 bridgehead atoms. The average molecular weight is 359 g/mol. The summed E-state index contributed by atoms with van der Waals surface area (Å²) in [6.07, 6.45) is 0. The van der Waals surface area contributed by atoms with Gasteiger partial charge in [0.2, 0.25) is 5.15 Å². The molecular formula is C13H12Cl2N4O4. The smallest absolute Gasteiger partial charge is 0.369 e. The number of hydrogen-bond donors (Lipinski definition) is 0. The third-order valence-corrected chi connectivity index (χ3v) is 3.61. The fraction of sp³-hybridized carbons (Fsp3) is 0.231. The fourth-order valence-electron chi connectivity index (χ4n) is 1.87. The van der Waals surface area contributed by atoms with E-state index in [4.69, 9.17) is 27.9 Å². The Bertz CT molecular complexity index is 762. The highest BCUT2D eigenvalue weighted by atomic mass is 35.5. The summed E-state index contributed by atoms with van der Waals surface area (Å²) in [4.78, 5) is 23.7. The highest BCUT2D eigenvalue weighted by Crippen LogP contribution is 2.33. The lowest BCUT2D eigenvalue weighted by molar-refractivity contribution is -0.385. The summed E-state index contributed by atoms with van der Waals surface area (Å²) in [6.45, 7) is -0.432. The molecule has 23 heavy (non-hydrogen) atoms. The zero-order chi connectivity index (χ0) is 17.1. The van der Waals surface area contributed by atoms with Crippen LogP contribution >= 0.6 is 23.2 Å². The number of amides is 1. The molecule has 0 aliphatic heterocycles. The molecule has 1 amide bonds. The molecule has 0 radical (unpaired) electrons. The van der Waals surface area contributed by atoms with Crippen molar-refractivity contribution in [3.63, 3.8) is 0 Å². The lowest BCUT2D eigenvalue weighted by atomic mass is 10.3. The molecule has 0 aliphatic carbocycles. The van der Waals surface area contributed by atoms with E-state index in [0.29, 0.717) is 10.7 Å². The van der Waals surface area contributed by atoms with Gasteiger partial charge in [-0.2, -0.15) is 5.10 Å². The molecule has 1 aromatic carbocycles. The summed E-state index contributed by atoms with van der Waals surface area (Å²) >= 11 is 11.7. The second kappa shape index (κ2) is 6.84. The van der Waals surface area contributed by atoms with E-state index in [9.17, 15) is 14.9 Å². The number of aryl methyl sites for hydroxylation is 1. The van der Waals surface area contributed by atoms with Crippen molar-refractivity contribution in [1.82, 2.24) is 9.78 Å². The number of hydrogen-bond acceptors (Lipinski definition) is 5. The van der Waals surface area contributed by atoms with Crippen molar-refractivity contribution in [3.05, 3.63) is 44.6 Å². The summed E-state index contributed by atoms with van der Waals surface area (Å²) in [5.74, 6) is -0.634. The van der Waals surface area contributed by atoms with E-state index in [0.717, 1.165) is 4.68 Å². The minimum absolute atomic E-state index is 0.194. The predicted octanol–water partition coefficient (Wildman–Crippen LogP) is 2.68. The minimum Gasteiger partial charge on any atom is -0.463 e. The van der Waals surface area contributed by atoms with Crippen molar-refractivity contribution in [3.8, 4) is 5.88 Å². The average Bonchev–Trinajstić information content (AvgIpc) is 2.78. The van der Waals surface area contributed by atoms with E-state index in [1.165, 1.54) is 19.0 Å². The van der Waals surface area contributed by atoms with Crippen molar-refractivity contribution in [1.29, 1.82) is 0 Å². The number of ether oxygens (including phenoxy) is 1. The molecular weight excluding hydrogens is 347 g/mol. The van der Waals surface area contributed by atoms with Crippen LogP contribution in [0.3, 0.4) is 0 Å². The van der Waals surface area contributed by atoms with Gasteiger partial charge in [0.1, 0.15) is 0 Å². The van der Waals surface area contributed by atoms with Gasteiger partial charge in [0.15, 0.2) is 6.61 Å². The normalized spacial score (nSPS) is 10.4. The lowest BCUT2D eigenvalue weighted by Crippen LogP contribution is -2.31. The molecule has 122 valence electrons. The van der Waals surface area contributed by atoms with E-state index in [2.05, 4.69) is 5.10 Å². The number of rotatable bonds is 5. The van der Waals surface area contributed by atoms with Crippen LogP contribution in [0.25, 0.3) is 0 Å². The Hall–Kier alpha value is -2.32. The Kier molecular flexibility index (Phi) is 5.07. The number of nitrogens with zero attached hydrogens (tertiary/aromatic N) is 4. The molecule has 1 aromatic heterocycles. The van der Waals surface area contributed by atoms with Crippen LogP contribution < -0.4 is 9.64 Å². The standard InChI is InChI=1S/C13H12Cl2N4O4/c1-17(9-6-4-3-5-8(9)14)10(20)7-23-13-11(19(21)22)12(15)16-18(13)2/h3-6H,7H2,1-2H3. The van der Waals surface area contributed by atoms with Crippen molar-refractivity contribution in [2.45, 2.75) is 0 Å². The first-order valence-electron chi connectivity index (χ1n) is 6.33. The Morgan fingerprint density at radius 2 is 2.09 bits per heavy atom. The predicted molar refractivity (Wildman–Crippen MR) is 85.2 cm³/mol. The topological polar surface area (TPSA) is 90.5 Å². The van der Waals surface area contributed by atoms with Crippen molar-refractivity contribution >= 4 is 40.5 Å². The monoisotopic (exact) mass is 358 g/mol. The van der Waals surface area contributed by atoms with E-state index in [-0.39, 0.29) is 11.0 Å². The summed E-state index contributed by atoms with van der Waals surface area (Å²) in [6, 6.07) is 6.79. The second-order valence-electron chi connectivity index (χ2n) is 4.52. The lowest BCUT2D eigenvalue weighted by Gasteiger charge is -2.18. The van der Waals surface area contributed by atoms with Gasteiger partial charge < -0.3 is 9.64 Å². The fourth-order valence-corrected chi connectivity index (χ4v) is 2.39. The summed E-state index contributed by atoms with van der Waals surface area (Å²) in [5.41, 5.74) is 0.0164. The third kappa shape index (κ3) is 3.54. The molecule has 10 heteroatoms. The first kappa shape index (κ1) is 17.0. The van der Waals surface area contributed by atoms with Gasteiger partial charge in [0, 0.05) is 14.1 Å². The van der Waals surface area contributed by atoms with Crippen LogP contribution in [-0.4, -0.2) is 34.3 Å². The van der Waals surface area contributed by atoms with Crippen LogP contribution in [0.1, 0.15) is 0 Å². The van der Waals surface area contributed by atoms with Gasteiger partial charge in [-0.25, -0.2) is 4.68 Å².